The van der Waals surface area contributed by atoms with Gasteiger partial charge in [0.15, 0.2) is 5.82 Å². The van der Waals surface area contributed by atoms with Gasteiger partial charge in [0.1, 0.15) is 18.2 Å². The summed E-state index contributed by atoms with van der Waals surface area (Å²) in [6, 6.07) is 9.76. The van der Waals surface area contributed by atoms with E-state index in [0.29, 0.717) is 17.4 Å². The van der Waals surface area contributed by atoms with Crippen LogP contribution in [-0.4, -0.2) is 38.8 Å². The Bertz CT molecular complexity index is 901. The summed E-state index contributed by atoms with van der Waals surface area (Å²) in [6.45, 7) is 7.43. The van der Waals surface area contributed by atoms with Gasteiger partial charge in [0.05, 0.1) is 0 Å². The Labute approximate surface area is 170 Å². The third kappa shape index (κ3) is 5.05. The van der Waals surface area contributed by atoms with E-state index in [-0.39, 0.29) is 6.61 Å². The highest BCUT2D eigenvalue weighted by Crippen LogP contribution is 2.27. The zero-order valence-electron chi connectivity index (χ0n) is 14.7. The van der Waals surface area contributed by atoms with Crippen molar-refractivity contribution >= 4 is 33.3 Å². The summed E-state index contributed by atoms with van der Waals surface area (Å²) in [5.74, 6) is 2.20. The highest BCUT2D eigenvalue weighted by Gasteiger charge is 2.13. The van der Waals surface area contributed by atoms with E-state index in [9.17, 15) is 0 Å². The van der Waals surface area contributed by atoms with E-state index in [1.807, 2.05) is 30.3 Å². The van der Waals surface area contributed by atoms with E-state index in [4.69, 9.17) is 16.3 Å². The predicted molar refractivity (Wildman–Crippen MR) is 109 cm³/mol. The number of nitrogens with zero attached hydrogens (tertiary/aromatic N) is 5. The van der Waals surface area contributed by atoms with Crippen LogP contribution >= 0.6 is 27.5 Å². The van der Waals surface area contributed by atoms with Crippen LogP contribution in [0.2, 0.25) is 0 Å². The normalized spacial score (nSPS) is 10.6. The number of rotatable bonds is 8. The standard InChI is InChI=1S/C18H18BrClN6O/c1-3-26(17-7-4-13(9-21-17)18-22-24-25-23-18)10-14-8-15(19)5-6-16(14)27-11-12(2)20/h4-9H,2-3,10-11H2,1H3,(H,22,23,24,25). The number of halogens is 2. The van der Waals surface area contributed by atoms with Gasteiger partial charge >= 0.3 is 0 Å². The molecule has 0 unspecified atom stereocenters. The highest BCUT2D eigenvalue weighted by atomic mass is 79.9. The van der Waals surface area contributed by atoms with Gasteiger partial charge in [0.25, 0.3) is 0 Å². The van der Waals surface area contributed by atoms with Gasteiger partial charge in [-0.3, -0.25) is 0 Å². The van der Waals surface area contributed by atoms with Crippen LogP contribution in [0.1, 0.15) is 12.5 Å². The van der Waals surface area contributed by atoms with Crippen molar-refractivity contribution < 1.29 is 4.74 Å². The van der Waals surface area contributed by atoms with Crippen molar-refractivity contribution in [1.82, 2.24) is 25.6 Å². The first-order valence-corrected chi connectivity index (χ1v) is 9.43. The van der Waals surface area contributed by atoms with Crippen molar-refractivity contribution in [3.63, 3.8) is 0 Å². The number of aromatic amines is 1. The molecule has 0 saturated heterocycles. The first kappa shape index (κ1) is 19.3. The maximum Gasteiger partial charge on any atom is 0.180 e. The lowest BCUT2D eigenvalue weighted by molar-refractivity contribution is 0.355. The van der Waals surface area contributed by atoms with Crippen molar-refractivity contribution in [2.75, 3.05) is 18.1 Å². The fourth-order valence-electron chi connectivity index (χ4n) is 2.52. The molecule has 2 heterocycles. The molecule has 1 N–H and O–H groups in total. The Morgan fingerprint density at radius 2 is 2.19 bits per heavy atom. The first-order valence-electron chi connectivity index (χ1n) is 8.26. The van der Waals surface area contributed by atoms with Crippen LogP contribution in [0.4, 0.5) is 5.82 Å². The van der Waals surface area contributed by atoms with Crippen LogP contribution in [0, 0.1) is 0 Å². The van der Waals surface area contributed by atoms with Gasteiger partial charge in [0, 0.05) is 39.9 Å². The maximum atomic E-state index is 5.83. The Balaban J connectivity index is 1.80. The smallest absolute Gasteiger partial charge is 0.180 e. The third-order valence-corrected chi connectivity index (χ3v) is 4.44. The molecule has 9 heteroatoms. The van der Waals surface area contributed by atoms with Gasteiger partial charge in [0.2, 0.25) is 0 Å². The molecule has 0 aliphatic heterocycles. The first-order chi connectivity index (χ1) is 13.1. The quantitative estimate of drug-likeness (QED) is 0.556. The summed E-state index contributed by atoms with van der Waals surface area (Å²) >= 11 is 9.35. The fourth-order valence-corrected chi connectivity index (χ4v) is 2.99. The number of benzene rings is 1. The average molecular weight is 450 g/mol. The lowest BCUT2D eigenvalue weighted by Gasteiger charge is -2.23. The van der Waals surface area contributed by atoms with Gasteiger partial charge in [-0.15, -0.1) is 5.10 Å². The zero-order chi connectivity index (χ0) is 19.2. The van der Waals surface area contributed by atoms with Gasteiger partial charge < -0.3 is 9.64 Å². The minimum atomic E-state index is 0.264. The second kappa shape index (κ2) is 8.96. The maximum absolute atomic E-state index is 5.83. The van der Waals surface area contributed by atoms with E-state index >= 15 is 0 Å². The van der Waals surface area contributed by atoms with E-state index in [2.05, 4.69) is 59.9 Å². The SMILES string of the molecule is C=C(Cl)COc1ccc(Br)cc1CN(CC)c1ccc(-c2nnn[nH]2)cn1. The second-order valence-corrected chi connectivity index (χ2v) is 7.18. The fraction of sp³-hybridized carbons (Fsp3) is 0.222. The van der Waals surface area contributed by atoms with Crippen molar-refractivity contribution in [3.05, 3.63) is 58.2 Å². The summed E-state index contributed by atoms with van der Waals surface area (Å²) in [5, 5.41) is 14.2. The minimum absolute atomic E-state index is 0.264. The Kier molecular flexibility index (Phi) is 6.41. The highest BCUT2D eigenvalue weighted by molar-refractivity contribution is 9.10. The molecule has 140 valence electrons. The predicted octanol–water partition coefficient (Wildman–Crippen LogP) is 4.18. The van der Waals surface area contributed by atoms with E-state index < -0.39 is 0 Å². The summed E-state index contributed by atoms with van der Waals surface area (Å²) < 4.78 is 6.76. The van der Waals surface area contributed by atoms with Gasteiger partial charge in [-0.2, -0.15) is 0 Å². The monoisotopic (exact) mass is 448 g/mol. The van der Waals surface area contributed by atoms with Crippen LogP contribution < -0.4 is 9.64 Å². The molecule has 7 nitrogen and oxygen atoms in total. The number of ether oxygens (including phenoxy) is 1. The number of hydrogen-bond donors (Lipinski definition) is 1. The molecule has 0 bridgehead atoms. The van der Waals surface area contributed by atoms with Crippen molar-refractivity contribution in [3.8, 4) is 17.1 Å². The summed E-state index contributed by atoms with van der Waals surface area (Å²) in [7, 11) is 0. The zero-order valence-corrected chi connectivity index (χ0v) is 17.0. The lowest BCUT2D eigenvalue weighted by atomic mass is 10.2. The molecule has 0 aliphatic rings. The van der Waals surface area contributed by atoms with Crippen LogP contribution in [-0.2, 0) is 6.54 Å². The van der Waals surface area contributed by atoms with Crippen LogP contribution in [0.5, 0.6) is 5.75 Å². The summed E-state index contributed by atoms with van der Waals surface area (Å²) in [5.41, 5.74) is 1.85. The van der Waals surface area contributed by atoms with Crippen molar-refractivity contribution in [2.45, 2.75) is 13.5 Å². The van der Waals surface area contributed by atoms with E-state index in [1.54, 1.807) is 6.20 Å². The second-order valence-electron chi connectivity index (χ2n) is 5.73. The van der Waals surface area contributed by atoms with Crippen LogP contribution in [0.15, 0.2) is 52.6 Å². The number of anilines is 1. The van der Waals surface area contributed by atoms with Crippen molar-refractivity contribution in [2.24, 2.45) is 0 Å². The van der Waals surface area contributed by atoms with Gasteiger partial charge in [-0.05, 0) is 47.7 Å². The topological polar surface area (TPSA) is 79.8 Å². The molecule has 0 spiro atoms. The van der Waals surface area contributed by atoms with Gasteiger partial charge in [-0.1, -0.05) is 34.1 Å². The van der Waals surface area contributed by atoms with Crippen LogP contribution in [0.25, 0.3) is 11.4 Å². The molecule has 0 saturated carbocycles. The summed E-state index contributed by atoms with van der Waals surface area (Å²) in [4.78, 5) is 6.70. The Morgan fingerprint density at radius 3 is 2.81 bits per heavy atom. The van der Waals surface area contributed by atoms with Crippen molar-refractivity contribution in [1.29, 1.82) is 0 Å². The number of tetrazole rings is 1. The van der Waals surface area contributed by atoms with Crippen LogP contribution in [0.3, 0.4) is 0 Å². The molecule has 3 rings (SSSR count). The number of nitrogens with one attached hydrogen (secondary N) is 1. The molecule has 0 radical (unpaired) electrons. The lowest BCUT2D eigenvalue weighted by Crippen LogP contribution is -2.23. The largest absolute Gasteiger partial charge is 0.488 e. The Hall–Kier alpha value is -2.45. The molecule has 1 aromatic carbocycles. The van der Waals surface area contributed by atoms with E-state index in [1.165, 1.54) is 0 Å². The summed E-state index contributed by atoms with van der Waals surface area (Å²) in [6.07, 6.45) is 1.75. The number of hydrogen-bond acceptors (Lipinski definition) is 6. The molecule has 3 aromatic rings. The molecule has 0 atom stereocenters. The van der Waals surface area contributed by atoms with E-state index in [0.717, 1.165) is 33.7 Å². The molecule has 2 aromatic heterocycles. The molecular weight excluding hydrogens is 432 g/mol. The minimum Gasteiger partial charge on any atom is -0.488 e. The molecule has 0 aliphatic carbocycles. The molecule has 0 fully saturated rings. The number of aromatic nitrogens is 5. The number of pyridine rings is 1. The Morgan fingerprint density at radius 1 is 1.33 bits per heavy atom. The number of H-pyrrole nitrogens is 1. The molecular formula is C18H18BrClN6O. The average Bonchev–Trinajstić information content (AvgIpc) is 3.20. The third-order valence-electron chi connectivity index (χ3n) is 3.84. The molecule has 27 heavy (non-hydrogen) atoms. The van der Waals surface area contributed by atoms with Gasteiger partial charge in [-0.25, -0.2) is 10.1 Å². The molecule has 0 amide bonds.